The molecule has 0 aliphatic carbocycles. The van der Waals surface area contributed by atoms with Crippen LogP contribution in [-0.2, 0) is 11.3 Å². The highest BCUT2D eigenvalue weighted by Crippen LogP contribution is 2.28. The minimum Gasteiger partial charge on any atom is -0.436 e. The molecule has 1 amide bonds. The topological polar surface area (TPSA) is 85.8 Å². The second-order valence-electron chi connectivity index (χ2n) is 6.83. The van der Waals surface area contributed by atoms with Gasteiger partial charge in [-0.2, -0.15) is 5.10 Å². The highest BCUT2D eigenvalue weighted by molar-refractivity contribution is 5.91. The number of benzene rings is 2. The molecule has 0 atom stereocenters. The summed E-state index contributed by atoms with van der Waals surface area (Å²) >= 11 is 0. The molecule has 0 unspecified atom stereocenters. The number of hydrogen-bond acceptors (Lipinski definition) is 5. The van der Waals surface area contributed by atoms with Crippen molar-refractivity contribution in [3.05, 3.63) is 60.2 Å². The van der Waals surface area contributed by atoms with Gasteiger partial charge in [-0.05, 0) is 61.7 Å². The Balaban J connectivity index is 1.42. The number of hydrogen-bond donors (Lipinski definition) is 1. The van der Waals surface area contributed by atoms with Gasteiger partial charge >= 0.3 is 0 Å². The fourth-order valence-electron chi connectivity index (χ4n) is 3.06. The Labute approximate surface area is 162 Å². The molecule has 0 saturated heterocycles. The van der Waals surface area contributed by atoms with E-state index in [0.29, 0.717) is 25.3 Å². The summed E-state index contributed by atoms with van der Waals surface area (Å²) < 4.78 is 7.58. The van der Waals surface area contributed by atoms with Crippen molar-refractivity contribution in [1.29, 1.82) is 0 Å². The monoisotopic (exact) mass is 375 g/mol. The highest BCUT2D eigenvalue weighted by Gasteiger charge is 2.11. The van der Waals surface area contributed by atoms with Gasteiger partial charge in [0.25, 0.3) is 0 Å². The number of oxazole rings is 1. The molecule has 2 aromatic carbocycles. The molecule has 4 rings (SSSR count). The van der Waals surface area contributed by atoms with Crippen molar-refractivity contribution >= 4 is 22.7 Å². The average Bonchev–Trinajstić information content (AvgIpc) is 3.32. The number of anilines is 1. The Morgan fingerprint density at radius 3 is 2.86 bits per heavy atom. The van der Waals surface area contributed by atoms with Crippen molar-refractivity contribution < 1.29 is 9.21 Å². The van der Waals surface area contributed by atoms with Crippen LogP contribution in [0.25, 0.3) is 22.6 Å². The van der Waals surface area contributed by atoms with Crippen LogP contribution in [-0.4, -0.2) is 25.7 Å². The van der Waals surface area contributed by atoms with E-state index in [4.69, 9.17) is 4.42 Å². The Morgan fingerprint density at radius 1 is 1.18 bits per heavy atom. The average molecular weight is 375 g/mol. The van der Waals surface area contributed by atoms with Crippen molar-refractivity contribution in [3.8, 4) is 11.5 Å². The van der Waals surface area contributed by atoms with Crippen LogP contribution in [0.3, 0.4) is 0 Å². The van der Waals surface area contributed by atoms with Crippen LogP contribution in [0.5, 0.6) is 0 Å². The molecule has 0 saturated carbocycles. The lowest BCUT2D eigenvalue weighted by atomic mass is 10.1. The Morgan fingerprint density at radius 2 is 2.07 bits per heavy atom. The maximum absolute atomic E-state index is 12.2. The summed E-state index contributed by atoms with van der Waals surface area (Å²) in [6.45, 7) is 4.66. The third kappa shape index (κ3) is 3.93. The lowest BCUT2D eigenvalue weighted by Gasteiger charge is -2.09. The lowest BCUT2D eigenvalue weighted by molar-refractivity contribution is -0.116. The maximum atomic E-state index is 12.2. The molecule has 0 fully saturated rings. The minimum absolute atomic E-state index is 0.0201. The molecule has 0 aliphatic heterocycles. The largest absolute Gasteiger partial charge is 0.436 e. The first-order chi connectivity index (χ1) is 13.6. The van der Waals surface area contributed by atoms with Gasteiger partial charge in [-0.15, -0.1) is 0 Å². The van der Waals surface area contributed by atoms with Crippen LogP contribution in [0.4, 0.5) is 5.69 Å². The third-order valence-electron chi connectivity index (χ3n) is 4.55. The van der Waals surface area contributed by atoms with E-state index in [1.54, 1.807) is 11.0 Å². The van der Waals surface area contributed by atoms with E-state index in [1.165, 1.54) is 6.33 Å². The molecule has 142 valence electrons. The van der Waals surface area contributed by atoms with Crippen molar-refractivity contribution in [1.82, 2.24) is 19.7 Å². The Kier molecular flexibility index (Phi) is 4.89. The molecule has 7 heteroatoms. The number of amides is 1. The molecule has 4 aromatic rings. The van der Waals surface area contributed by atoms with E-state index < -0.39 is 0 Å². The van der Waals surface area contributed by atoms with Gasteiger partial charge < -0.3 is 9.73 Å². The Hall–Kier alpha value is -3.48. The zero-order valence-electron chi connectivity index (χ0n) is 15.8. The number of aryl methyl sites for hydroxylation is 3. The van der Waals surface area contributed by atoms with Crippen molar-refractivity contribution in [2.45, 2.75) is 33.2 Å². The molecular formula is C21H21N5O2. The predicted octanol–water partition coefficient (Wildman–Crippen LogP) is 4.12. The van der Waals surface area contributed by atoms with Gasteiger partial charge in [0.05, 0.1) is 0 Å². The number of rotatable bonds is 6. The van der Waals surface area contributed by atoms with Crippen LogP contribution in [0.1, 0.15) is 24.0 Å². The smallest absolute Gasteiger partial charge is 0.227 e. The molecule has 2 heterocycles. The van der Waals surface area contributed by atoms with Crippen molar-refractivity contribution in [2.24, 2.45) is 0 Å². The van der Waals surface area contributed by atoms with E-state index >= 15 is 0 Å². The van der Waals surface area contributed by atoms with Gasteiger partial charge in [-0.3, -0.25) is 9.48 Å². The van der Waals surface area contributed by atoms with E-state index in [2.05, 4.69) is 20.4 Å². The molecule has 0 radical (unpaired) electrons. The molecular weight excluding hydrogens is 354 g/mol. The van der Waals surface area contributed by atoms with E-state index in [9.17, 15) is 4.79 Å². The zero-order chi connectivity index (χ0) is 19.5. The van der Waals surface area contributed by atoms with Crippen molar-refractivity contribution in [2.75, 3.05) is 5.32 Å². The summed E-state index contributed by atoms with van der Waals surface area (Å²) in [6, 6.07) is 11.7. The summed E-state index contributed by atoms with van der Waals surface area (Å²) in [5.41, 5.74) is 5.39. The standard InChI is InChI=1S/C21H21N5O2/c1-14-5-8-19-18(10-14)25-21(28-19)16-6-7-17(15(2)11-16)24-20(27)4-3-9-26-13-22-12-23-26/h5-8,10-13H,3-4,9H2,1-2H3,(H,24,27). The second kappa shape index (κ2) is 7.64. The van der Waals surface area contributed by atoms with Crippen LogP contribution in [0, 0.1) is 13.8 Å². The van der Waals surface area contributed by atoms with Gasteiger partial charge in [0, 0.05) is 24.2 Å². The first-order valence-corrected chi connectivity index (χ1v) is 9.19. The molecule has 0 aliphatic rings. The summed E-state index contributed by atoms with van der Waals surface area (Å²) in [6.07, 6.45) is 4.26. The number of fused-ring (bicyclic) bond motifs is 1. The summed E-state index contributed by atoms with van der Waals surface area (Å²) in [4.78, 5) is 20.7. The SMILES string of the molecule is Cc1ccc2oc(-c3ccc(NC(=O)CCCn4cncn4)c(C)c3)nc2c1. The van der Waals surface area contributed by atoms with Gasteiger partial charge in [0.15, 0.2) is 5.58 Å². The zero-order valence-corrected chi connectivity index (χ0v) is 15.8. The number of aromatic nitrogens is 4. The molecule has 28 heavy (non-hydrogen) atoms. The number of nitrogens with zero attached hydrogens (tertiary/aromatic N) is 4. The summed E-state index contributed by atoms with van der Waals surface area (Å²) in [7, 11) is 0. The maximum Gasteiger partial charge on any atom is 0.227 e. The lowest BCUT2D eigenvalue weighted by Crippen LogP contribution is -2.13. The molecule has 7 nitrogen and oxygen atoms in total. The quantitative estimate of drug-likeness (QED) is 0.548. The second-order valence-corrected chi connectivity index (χ2v) is 6.83. The number of carbonyl (C=O) groups excluding carboxylic acids is 1. The van der Waals surface area contributed by atoms with Crippen LogP contribution < -0.4 is 5.32 Å². The first kappa shape index (κ1) is 17.9. The normalized spacial score (nSPS) is 11.1. The first-order valence-electron chi connectivity index (χ1n) is 9.19. The molecule has 0 bridgehead atoms. The fraction of sp³-hybridized carbons (Fsp3) is 0.238. The van der Waals surface area contributed by atoms with Gasteiger partial charge in [0.1, 0.15) is 18.2 Å². The van der Waals surface area contributed by atoms with Gasteiger partial charge in [-0.25, -0.2) is 9.97 Å². The fourth-order valence-corrected chi connectivity index (χ4v) is 3.06. The predicted molar refractivity (Wildman–Crippen MR) is 107 cm³/mol. The number of carbonyl (C=O) groups is 1. The van der Waals surface area contributed by atoms with Gasteiger partial charge in [0.2, 0.25) is 11.8 Å². The van der Waals surface area contributed by atoms with E-state index in [0.717, 1.165) is 33.5 Å². The van der Waals surface area contributed by atoms with Crippen LogP contribution in [0.15, 0.2) is 53.5 Å². The minimum atomic E-state index is -0.0201. The number of nitrogens with one attached hydrogen (secondary N) is 1. The molecule has 1 N–H and O–H groups in total. The van der Waals surface area contributed by atoms with E-state index in [-0.39, 0.29) is 5.91 Å². The highest BCUT2D eigenvalue weighted by atomic mass is 16.3. The summed E-state index contributed by atoms with van der Waals surface area (Å²) in [5, 5.41) is 7.00. The third-order valence-corrected chi connectivity index (χ3v) is 4.55. The molecule has 0 spiro atoms. The Bertz CT molecular complexity index is 1120. The molecule has 2 aromatic heterocycles. The van der Waals surface area contributed by atoms with Gasteiger partial charge in [-0.1, -0.05) is 6.07 Å². The van der Waals surface area contributed by atoms with Crippen LogP contribution in [0.2, 0.25) is 0 Å². The van der Waals surface area contributed by atoms with Crippen molar-refractivity contribution in [3.63, 3.8) is 0 Å². The van der Waals surface area contributed by atoms with E-state index in [1.807, 2.05) is 50.2 Å². The van der Waals surface area contributed by atoms with Crippen LogP contribution >= 0.6 is 0 Å². The summed E-state index contributed by atoms with van der Waals surface area (Å²) in [5.74, 6) is 0.558.